The number of carbonyl (C=O) groups excluding carboxylic acids is 1. The molecular formula is C21H21N5O3S. The number of nitrogens with zero attached hydrogens (tertiary/aromatic N) is 3. The third kappa shape index (κ3) is 3.64. The number of carbonyl (C=O) groups is 1. The maximum atomic E-state index is 12.5. The van der Waals surface area contributed by atoms with Gasteiger partial charge in [-0.3, -0.25) is 4.79 Å². The molecule has 4 rings (SSSR count). The maximum Gasteiger partial charge on any atom is 0.242 e. The molecular weight excluding hydrogens is 402 g/mol. The van der Waals surface area contributed by atoms with E-state index in [1.807, 2.05) is 31.2 Å². The molecule has 2 N–H and O–H groups in total. The van der Waals surface area contributed by atoms with Gasteiger partial charge in [-0.2, -0.15) is 0 Å². The highest BCUT2D eigenvalue weighted by Gasteiger charge is 2.21. The van der Waals surface area contributed by atoms with Crippen molar-refractivity contribution in [2.75, 3.05) is 24.7 Å². The normalized spacial score (nSPS) is 13.3. The van der Waals surface area contributed by atoms with E-state index in [9.17, 15) is 13.2 Å². The molecule has 0 fully saturated rings. The Morgan fingerprint density at radius 2 is 1.90 bits per heavy atom. The highest BCUT2D eigenvalue weighted by atomic mass is 32.2. The van der Waals surface area contributed by atoms with E-state index >= 15 is 0 Å². The molecule has 0 saturated carbocycles. The summed E-state index contributed by atoms with van der Waals surface area (Å²) in [6.07, 6.45) is 1.81. The zero-order chi connectivity index (χ0) is 21.5. The summed E-state index contributed by atoms with van der Waals surface area (Å²) in [6.45, 7) is 1.87. The number of para-hydroxylation sites is 1. The smallest absolute Gasteiger partial charge is 0.242 e. The Morgan fingerprint density at radius 3 is 2.67 bits per heavy atom. The average molecular weight is 423 g/mol. The van der Waals surface area contributed by atoms with Crippen molar-refractivity contribution in [2.45, 2.75) is 18.2 Å². The van der Waals surface area contributed by atoms with Crippen LogP contribution in [0.1, 0.15) is 11.1 Å². The van der Waals surface area contributed by atoms with Crippen molar-refractivity contribution in [2.24, 2.45) is 0 Å². The maximum absolute atomic E-state index is 12.5. The lowest BCUT2D eigenvalue weighted by Crippen LogP contribution is -2.22. The van der Waals surface area contributed by atoms with Gasteiger partial charge in [-0.25, -0.2) is 22.7 Å². The van der Waals surface area contributed by atoms with Crippen LogP contribution in [0.4, 0.5) is 17.3 Å². The fourth-order valence-electron chi connectivity index (χ4n) is 3.22. The van der Waals surface area contributed by atoms with E-state index in [2.05, 4.69) is 20.6 Å². The van der Waals surface area contributed by atoms with Crippen LogP contribution in [0.5, 0.6) is 0 Å². The van der Waals surface area contributed by atoms with Crippen LogP contribution in [0.15, 0.2) is 53.6 Å². The molecule has 0 saturated heterocycles. The number of anilines is 3. The van der Waals surface area contributed by atoms with Gasteiger partial charge in [0.05, 0.1) is 22.7 Å². The van der Waals surface area contributed by atoms with Crippen molar-refractivity contribution in [1.82, 2.24) is 14.3 Å². The second-order valence-electron chi connectivity index (χ2n) is 7.23. The van der Waals surface area contributed by atoms with E-state index in [4.69, 9.17) is 0 Å². The van der Waals surface area contributed by atoms with Crippen molar-refractivity contribution >= 4 is 33.3 Å². The van der Waals surface area contributed by atoms with Gasteiger partial charge in [-0.15, -0.1) is 0 Å². The number of hydrogen-bond acceptors (Lipinski definition) is 6. The molecule has 154 valence electrons. The van der Waals surface area contributed by atoms with Gasteiger partial charge in [-0.1, -0.05) is 24.3 Å². The molecule has 0 atom stereocenters. The Bertz CT molecular complexity index is 1260. The van der Waals surface area contributed by atoms with Gasteiger partial charge in [-0.05, 0) is 30.7 Å². The predicted octanol–water partition coefficient (Wildman–Crippen LogP) is 2.94. The highest BCUT2D eigenvalue weighted by molar-refractivity contribution is 7.89. The summed E-state index contributed by atoms with van der Waals surface area (Å²) < 4.78 is 26.1. The topological polar surface area (TPSA) is 104 Å². The third-order valence-electron chi connectivity index (χ3n) is 4.91. The van der Waals surface area contributed by atoms with E-state index in [1.54, 1.807) is 24.4 Å². The summed E-state index contributed by atoms with van der Waals surface area (Å²) in [5.74, 6) is 0.198. The zero-order valence-corrected chi connectivity index (χ0v) is 17.6. The molecule has 1 aliphatic rings. The molecule has 0 aliphatic carbocycles. The van der Waals surface area contributed by atoms with Crippen LogP contribution in [-0.2, 0) is 21.2 Å². The highest BCUT2D eigenvalue weighted by Crippen LogP contribution is 2.33. The van der Waals surface area contributed by atoms with Gasteiger partial charge in [0.15, 0.2) is 0 Å². The minimum atomic E-state index is -3.57. The van der Waals surface area contributed by atoms with Crippen LogP contribution in [0, 0.1) is 6.92 Å². The van der Waals surface area contributed by atoms with E-state index in [0.29, 0.717) is 23.0 Å². The predicted molar refractivity (Wildman–Crippen MR) is 115 cm³/mol. The van der Waals surface area contributed by atoms with Gasteiger partial charge in [0.25, 0.3) is 0 Å². The number of hydrogen-bond donors (Lipinski definition) is 2. The molecule has 8 nitrogen and oxygen atoms in total. The Kier molecular flexibility index (Phi) is 5.00. The molecule has 30 heavy (non-hydrogen) atoms. The van der Waals surface area contributed by atoms with Crippen LogP contribution in [0.25, 0.3) is 11.3 Å². The molecule has 2 heterocycles. The first-order chi connectivity index (χ1) is 14.3. The second-order valence-corrected chi connectivity index (χ2v) is 9.38. The fraction of sp³-hybridized carbons (Fsp3) is 0.190. The number of aromatic nitrogens is 2. The summed E-state index contributed by atoms with van der Waals surface area (Å²) in [5, 5.41) is 6.01. The summed E-state index contributed by atoms with van der Waals surface area (Å²) >= 11 is 0. The van der Waals surface area contributed by atoms with Crippen molar-refractivity contribution in [3.63, 3.8) is 0 Å². The third-order valence-corrected chi connectivity index (χ3v) is 6.72. The fourth-order valence-corrected chi connectivity index (χ4v) is 4.15. The molecule has 0 bridgehead atoms. The molecule has 1 aromatic heterocycles. The lowest BCUT2D eigenvalue weighted by atomic mass is 10.1. The molecule has 0 spiro atoms. The number of aryl methyl sites for hydroxylation is 1. The van der Waals surface area contributed by atoms with Gasteiger partial charge in [0.2, 0.25) is 21.9 Å². The lowest BCUT2D eigenvalue weighted by Gasteiger charge is -2.15. The van der Waals surface area contributed by atoms with Crippen LogP contribution in [-0.4, -0.2) is 42.7 Å². The molecule has 2 aromatic carbocycles. The minimum absolute atomic E-state index is 0.122. The Morgan fingerprint density at radius 1 is 1.13 bits per heavy atom. The average Bonchev–Trinajstić information content (AvgIpc) is 2.84. The van der Waals surface area contributed by atoms with Crippen molar-refractivity contribution in [3.8, 4) is 11.3 Å². The summed E-state index contributed by atoms with van der Waals surface area (Å²) in [4.78, 5) is 21.3. The van der Waals surface area contributed by atoms with Gasteiger partial charge in [0.1, 0.15) is 0 Å². The number of rotatable bonds is 4. The summed E-state index contributed by atoms with van der Waals surface area (Å²) in [6, 6.07) is 12.3. The minimum Gasteiger partial charge on any atom is -0.325 e. The first-order valence-electron chi connectivity index (χ1n) is 9.31. The van der Waals surface area contributed by atoms with E-state index in [1.165, 1.54) is 18.4 Å². The number of nitrogens with one attached hydrogen (secondary N) is 2. The molecule has 0 radical (unpaired) electrons. The van der Waals surface area contributed by atoms with E-state index in [0.717, 1.165) is 16.7 Å². The number of amides is 1. The van der Waals surface area contributed by atoms with Crippen LogP contribution >= 0.6 is 0 Å². The molecule has 1 amide bonds. The van der Waals surface area contributed by atoms with Crippen molar-refractivity contribution in [3.05, 3.63) is 59.8 Å². The van der Waals surface area contributed by atoms with Gasteiger partial charge in [0, 0.05) is 37.1 Å². The SMILES string of the molecule is Cc1ccc(S(=O)(=O)N(C)C)cc1Nc1ncc2c(n1)-c1ccccc1NC(=O)C2. The first kappa shape index (κ1) is 20.0. The molecule has 3 aromatic rings. The van der Waals surface area contributed by atoms with E-state index in [-0.39, 0.29) is 17.2 Å². The van der Waals surface area contributed by atoms with E-state index < -0.39 is 10.0 Å². The number of sulfonamides is 1. The summed E-state index contributed by atoms with van der Waals surface area (Å²) in [5.41, 5.74) is 4.34. The molecule has 1 aliphatic heterocycles. The van der Waals surface area contributed by atoms with Crippen LogP contribution in [0.2, 0.25) is 0 Å². The lowest BCUT2D eigenvalue weighted by molar-refractivity contribution is -0.115. The molecule has 0 unspecified atom stereocenters. The first-order valence-corrected chi connectivity index (χ1v) is 10.7. The van der Waals surface area contributed by atoms with Crippen LogP contribution < -0.4 is 10.6 Å². The summed E-state index contributed by atoms with van der Waals surface area (Å²) in [7, 11) is -0.586. The Labute approximate surface area is 175 Å². The van der Waals surface area contributed by atoms with Gasteiger partial charge < -0.3 is 10.6 Å². The number of fused-ring (bicyclic) bond motifs is 3. The largest absolute Gasteiger partial charge is 0.325 e. The Hall–Kier alpha value is -3.30. The quantitative estimate of drug-likeness (QED) is 0.669. The van der Waals surface area contributed by atoms with Crippen LogP contribution in [0.3, 0.4) is 0 Å². The molecule has 9 heteroatoms. The standard InChI is InChI=1S/C21H21N5O3S/c1-13-8-9-15(30(28,29)26(2)3)11-18(13)24-21-22-12-14-10-19(27)23-17-7-5-4-6-16(17)20(14)25-21/h4-9,11-12H,10H2,1-3H3,(H,23,27)(H,22,24,25). The Balaban J connectivity index is 1.76. The number of benzene rings is 2. The second kappa shape index (κ2) is 7.51. The zero-order valence-electron chi connectivity index (χ0n) is 16.8. The van der Waals surface area contributed by atoms with Crippen molar-refractivity contribution in [1.29, 1.82) is 0 Å². The van der Waals surface area contributed by atoms with Crippen molar-refractivity contribution < 1.29 is 13.2 Å². The monoisotopic (exact) mass is 423 g/mol. The van der Waals surface area contributed by atoms with Gasteiger partial charge >= 0.3 is 0 Å².